The molecule has 1 unspecified atom stereocenters. The highest BCUT2D eigenvalue weighted by atomic mass is 19.4. The number of alkyl halides is 3. The number of carbonyl (C=O) groups is 1. The summed E-state index contributed by atoms with van der Waals surface area (Å²) in [4.78, 5) is 21.3. The Morgan fingerprint density at radius 1 is 1.29 bits per heavy atom. The lowest BCUT2D eigenvalue weighted by molar-refractivity contribution is -0.137. The topological polar surface area (TPSA) is 81.5 Å². The Balaban J connectivity index is 1.53. The highest BCUT2D eigenvalue weighted by Gasteiger charge is 2.48. The summed E-state index contributed by atoms with van der Waals surface area (Å²) in [6, 6.07) is 10.4. The zero-order valence-corrected chi connectivity index (χ0v) is 19.7. The molecule has 2 aromatic rings. The fourth-order valence-electron chi connectivity index (χ4n) is 5.21. The fraction of sp³-hybridized carbons (Fsp3) is 0.480. The normalized spacial score (nSPS) is 20.0. The van der Waals surface area contributed by atoms with Gasteiger partial charge in [0, 0.05) is 31.9 Å². The van der Waals surface area contributed by atoms with Crippen molar-refractivity contribution >= 4 is 11.6 Å². The Hall–Kier alpha value is -3.32. The molecule has 0 radical (unpaired) electrons. The number of nitrogens with zero attached hydrogens (tertiary/aromatic N) is 4. The van der Waals surface area contributed by atoms with Gasteiger partial charge in [0.2, 0.25) is 11.8 Å². The van der Waals surface area contributed by atoms with Gasteiger partial charge in [-0.3, -0.25) is 9.69 Å². The number of piperidine rings is 1. The molecule has 2 fully saturated rings. The van der Waals surface area contributed by atoms with Crippen LogP contribution in [-0.2, 0) is 17.5 Å². The van der Waals surface area contributed by atoms with E-state index in [0.29, 0.717) is 31.1 Å². The second-order valence-electron chi connectivity index (χ2n) is 9.25. The van der Waals surface area contributed by atoms with Crippen molar-refractivity contribution in [3.05, 3.63) is 53.2 Å². The molecule has 2 aliphatic rings. The van der Waals surface area contributed by atoms with Crippen molar-refractivity contribution in [2.45, 2.75) is 38.0 Å². The van der Waals surface area contributed by atoms with Crippen molar-refractivity contribution in [3.63, 3.8) is 0 Å². The third kappa shape index (κ3) is 5.20. The number of hydrogen-bond acceptors (Lipinski definition) is 6. The first-order valence-corrected chi connectivity index (χ1v) is 11.5. The number of benzene rings is 1. The van der Waals surface area contributed by atoms with Gasteiger partial charge >= 0.3 is 6.18 Å². The number of halogens is 3. The number of nitrogens with one attached hydrogen (secondary N) is 1. The maximum absolute atomic E-state index is 13.6. The number of carbonyl (C=O) groups excluding carboxylic acids is 1. The SMILES string of the molecule is CNC(=O)C1CC2(CCN(Cc3cccc(OC)n3)CC2)CN1c1ccc(C#N)c(C(F)(F)F)c1. The molecule has 3 heterocycles. The first-order valence-electron chi connectivity index (χ1n) is 11.5. The minimum Gasteiger partial charge on any atom is -0.481 e. The van der Waals surface area contributed by atoms with Crippen molar-refractivity contribution in [3.8, 4) is 11.9 Å². The average molecular weight is 488 g/mol. The van der Waals surface area contributed by atoms with Gasteiger partial charge in [0.1, 0.15) is 6.04 Å². The van der Waals surface area contributed by atoms with Crippen LogP contribution in [0.3, 0.4) is 0 Å². The third-order valence-corrected chi connectivity index (χ3v) is 7.11. The number of pyridine rings is 1. The summed E-state index contributed by atoms with van der Waals surface area (Å²) >= 11 is 0. The first kappa shape index (κ1) is 24.8. The van der Waals surface area contributed by atoms with Gasteiger partial charge in [0.15, 0.2) is 0 Å². The number of nitriles is 1. The predicted molar refractivity (Wildman–Crippen MR) is 124 cm³/mol. The Bertz CT molecular complexity index is 1120. The van der Waals surface area contributed by atoms with Gasteiger partial charge in [-0.05, 0) is 62.0 Å². The summed E-state index contributed by atoms with van der Waals surface area (Å²) in [6.07, 6.45) is -2.44. The molecule has 1 atom stereocenters. The summed E-state index contributed by atoms with van der Waals surface area (Å²) in [5.41, 5.74) is -0.360. The number of ether oxygens (including phenoxy) is 1. The molecule has 1 aromatic heterocycles. The zero-order valence-electron chi connectivity index (χ0n) is 19.7. The minimum absolute atomic E-state index is 0.179. The molecule has 35 heavy (non-hydrogen) atoms. The molecular weight excluding hydrogens is 459 g/mol. The Kier molecular flexibility index (Phi) is 6.90. The molecule has 1 amide bonds. The standard InChI is InChI=1S/C25H28F3N5O2/c1-30-23(34)21-13-24(8-10-32(11-9-24)15-18-4-3-5-22(31-18)35-2)16-33(21)19-7-6-17(14-29)20(12-19)25(26,27)28/h3-7,12,21H,8-11,13,15-16H2,1-2H3,(H,30,34). The molecule has 2 saturated heterocycles. The van der Waals surface area contributed by atoms with Gasteiger partial charge in [-0.2, -0.15) is 18.4 Å². The van der Waals surface area contributed by atoms with E-state index >= 15 is 0 Å². The molecule has 0 saturated carbocycles. The summed E-state index contributed by atoms with van der Waals surface area (Å²) in [5.74, 6) is 0.347. The summed E-state index contributed by atoms with van der Waals surface area (Å²) in [6.45, 7) is 2.77. The molecule has 1 N–H and O–H groups in total. The van der Waals surface area contributed by atoms with Crippen LogP contribution >= 0.6 is 0 Å². The van der Waals surface area contributed by atoms with Crippen molar-refractivity contribution in [1.29, 1.82) is 5.26 Å². The van der Waals surface area contributed by atoms with Crippen molar-refractivity contribution in [1.82, 2.24) is 15.2 Å². The van der Waals surface area contributed by atoms with E-state index in [9.17, 15) is 18.0 Å². The van der Waals surface area contributed by atoms with E-state index in [1.165, 1.54) is 19.2 Å². The average Bonchev–Trinajstić information content (AvgIpc) is 3.23. The number of hydrogen-bond donors (Lipinski definition) is 1. The number of likely N-dealkylation sites (N-methyl/N-ethyl adjacent to an activating group) is 1. The van der Waals surface area contributed by atoms with Gasteiger partial charge in [0.25, 0.3) is 0 Å². The second-order valence-corrected chi connectivity index (χ2v) is 9.25. The van der Waals surface area contributed by atoms with Crippen molar-refractivity contribution in [2.24, 2.45) is 5.41 Å². The monoisotopic (exact) mass is 487 g/mol. The van der Waals surface area contributed by atoms with Gasteiger partial charge < -0.3 is 15.0 Å². The van der Waals surface area contributed by atoms with Gasteiger partial charge in [-0.15, -0.1) is 0 Å². The Morgan fingerprint density at radius 3 is 2.66 bits per heavy atom. The maximum Gasteiger partial charge on any atom is 0.417 e. The molecule has 4 rings (SSSR count). The van der Waals surface area contributed by atoms with Gasteiger partial charge in [0.05, 0.1) is 30.0 Å². The molecule has 0 bridgehead atoms. The smallest absolute Gasteiger partial charge is 0.417 e. The fourth-order valence-corrected chi connectivity index (χ4v) is 5.21. The highest BCUT2D eigenvalue weighted by molar-refractivity contribution is 5.86. The summed E-state index contributed by atoms with van der Waals surface area (Å²) in [5, 5.41) is 11.8. The summed E-state index contributed by atoms with van der Waals surface area (Å²) < 4.78 is 45.9. The number of rotatable bonds is 5. The van der Waals surface area contributed by atoms with Crippen LogP contribution in [0.15, 0.2) is 36.4 Å². The molecule has 1 aromatic carbocycles. The molecule has 186 valence electrons. The molecule has 2 aliphatic heterocycles. The zero-order chi connectivity index (χ0) is 25.2. The number of methoxy groups -OCH3 is 1. The van der Waals surface area contributed by atoms with Crippen LogP contribution in [0.1, 0.15) is 36.1 Å². The van der Waals surface area contributed by atoms with Gasteiger partial charge in [-0.1, -0.05) is 6.07 Å². The van der Waals surface area contributed by atoms with Gasteiger partial charge in [-0.25, -0.2) is 4.98 Å². The largest absolute Gasteiger partial charge is 0.481 e. The van der Waals surface area contributed by atoms with Crippen LogP contribution in [0.4, 0.5) is 18.9 Å². The quantitative estimate of drug-likeness (QED) is 0.694. The van der Waals surface area contributed by atoms with E-state index in [-0.39, 0.29) is 11.3 Å². The Morgan fingerprint density at radius 2 is 2.03 bits per heavy atom. The van der Waals surface area contributed by atoms with Crippen LogP contribution in [0, 0.1) is 16.7 Å². The van der Waals surface area contributed by atoms with Crippen molar-refractivity contribution in [2.75, 3.05) is 38.7 Å². The molecule has 1 spiro atoms. The minimum atomic E-state index is -4.65. The molecular formula is C25H28F3N5O2. The first-order chi connectivity index (χ1) is 16.7. The van der Waals surface area contributed by atoms with E-state index in [4.69, 9.17) is 10.00 Å². The highest BCUT2D eigenvalue weighted by Crippen LogP contribution is 2.46. The van der Waals surface area contributed by atoms with Crippen LogP contribution in [0.5, 0.6) is 5.88 Å². The van der Waals surface area contributed by atoms with Crippen LogP contribution in [0.25, 0.3) is 0 Å². The maximum atomic E-state index is 13.6. The molecule has 7 nitrogen and oxygen atoms in total. The lowest BCUT2D eigenvalue weighted by Gasteiger charge is -2.39. The number of likely N-dealkylation sites (tertiary alicyclic amines) is 1. The van der Waals surface area contributed by atoms with E-state index in [0.717, 1.165) is 37.7 Å². The van der Waals surface area contributed by atoms with E-state index in [2.05, 4.69) is 15.2 Å². The van der Waals surface area contributed by atoms with E-state index < -0.39 is 23.3 Å². The lowest BCUT2D eigenvalue weighted by Crippen LogP contribution is -2.42. The van der Waals surface area contributed by atoms with Crippen LogP contribution in [0.2, 0.25) is 0 Å². The molecule has 10 heteroatoms. The van der Waals surface area contributed by atoms with Crippen LogP contribution < -0.4 is 15.0 Å². The van der Waals surface area contributed by atoms with E-state index in [1.54, 1.807) is 24.1 Å². The lowest BCUT2D eigenvalue weighted by atomic mass is 9.76. The predicted octanol–water partition coefficient (Wildman–Crippen LogP) is 3.59. The number of amides is 1. The van der Waals surface area contributed by atoms with Crippen molar-refractivity contribution < 1.29 is 22.7 Å². The Labute approximate surface area is 202 Å². The molecule has 0 aliphatic carbocycles. The second kappa shape index (κ2) is 9.74. The number of aromatic nitrogens is 1. The third-order valence-electron chi connectivity index (χ3n) is 7.11. The summed E-state index contributed by atoms with van der Waals surface area (Å²) in [7, 11) is 3.12. The number of anilines is 1. The van der Waals surface area contributed by atoms with E-state index in [1.807, 2.05) is 12.1 Å². The van der Waals surface area contributed by atoms with Crippen LogP contribution in [-0.4, -0.2) is 55.6 Å².